The first-order valence-electron chi connectivity index (χ1n) is 5.12. The molecule has 0 saturated heterocycles. The van der Waals surface area contributed by atoms with Gasteiger partial charge in [-0.1, -0.05) is 26.0 Å². The number of nitrogens with two attached hydrogens (primary N) is 1. The zero-order valence-corrected chi connectivity index (χ0v) is 10.3. The van der Waals surface area contributed by atoms with E-state index in [1.807, 2.05) is 24.3 Å². The molecule has 1 rings (SSSR count). The zero-order chi connectivity index (χ0) is 12.2. The largest absolute Gasteiger partial charge is 0.492 e. The number of sulfonamides is 1. The molecule has 16 heavy (non-hydrogen) atoms. The van der Waals surface area contributed by atoms with Gasteiger partial charge in [0.2, 0.25) is 10.0 Å². The van der Waals surface area contributed by atoms with E-state index in [-0.39, 0.29) is 12.4 Å². The molecular weight excluding hydrogens is 226 g/mol. The van der Waals surface area contributed by atoms with Crippen molar-refractivity contribution in [2.24, 2.45) is 5.14 Å². The van der Waals surface area contributed by atoms with Gasteiger partial charge in [0, 0.05) is 0 Å². The Morgan fingerprint density at radius 2 is 1.81 bits per heavy atom. The second-order valence-electron chi connectivity index (χ2n) is 3.94. The maximum absolute atomic E-state index is 10.7. The third-order valence-electron chi connectivity index (χ3n) is 2.18. The summed E-state index contributed by atoms with van der Waals surface area (Å²) in [7, 11) is -3.44. The highest BCUT2D eigenvalue weighted by atomic mass is 32.2. The van der Waals surface area contributed by atoms with Crippen molar-refractivity contribution < 1.29 is 13.2 Å². The molecule has 0 amide bonds. The van der Waals surface area contributed by atoms with Crippen molar-refractivity contribution in [1.82, 2.24) is 0 Å². The first-order valence-corrected chi connectivity index (χ1v) is 6.83. The quantitative estimate of drug-likeness (QED) is 0.851. The molecule has 0 atom stereocenters. The van der Waals surface area contributed by atoms with E-state index in [9.17, 15) is 8.42 Å². The summed E-state index contributed by atoms with van der Waals surface area (Å²) < 4.78 is 26.6. The van der Waals surface area contributed by atoms with Crippen LogP contribution in [0.3, 0.4) is 0 Å². The highest BCUT2D eigenvalue weighted by Gasteiger charge is 2.03. The number of ether oxygens (including phenoxy) is 1. The third-order valence-corrected chi connectivity index (χ3v) is 2.92. The smallest absolute Gasteiger partial charge is 0.212 e. The molecular formula is C11H17NO3S. The highest BCUT2D eigenvalue weighted by Crippen LogP contribution is 2.18. The Kier molecular flexibility index (Phi) is 4.32. The first kappa shape index (κ1) is 13.0. The van der Waals surface area contributed by atoms with Gasteiger partial charge >= 0.3 is 0 Å². The molecule has 90 valence electrons. The summed E-state index contributed by atoms with van der Waals surface area (Å²) >= 11 is 0. The van der Waals surface area contributed by atoms with Crippen molar-refractivity contribution in [2.45, 2.75) is 19.8 Å². The number of primary sulfonamides is 1. The molecule has 0 aromatic heterocycles. The van der Waals surface area contributed by atoms with Gasteiger partial charge in [0.1, 0.15) is 12.4 Å². The van der Waals surface area contributed by atoms with Gasteiger partial charge < -0.3 is 4.74 Å². The fourth-order valence-electron chi connectivity index (χ4n) is 1.22. The minimum absolute atomic E-state index is 0.0832. The van der Waals surface area contributed by atoms with E-state index in [1.54, 1.807) is 0 Å². The molecule has 0 aliphatic heterocycles. The first-order chi connectivity index (χ1) is 7.38. The standard InChI is InChI=1S/C11H17NO3S/c1-9(2)10-3-5-11(6-4-10)15-7-8-16(12,13)14/h3-6,9H,7-8H2,1-2H3,(H2,12,13,14). The van der Waals surface area contributed by atoms with E-state index in [0.29, 0.717) is 11.7 Å². The van der Waals surface area contributed by atoms with Crippen molar-refractivity contribution in [3.63, 3.8) is 0 Å². The second-order valence-corrected chi connectivity index (χ2v) is 5.67. The Balaban J connectivity index is 2.50. The maximum Gasteiger partial charge on any atom is 0.212 e. The minimum Gasteiger partial charge on any atom is -0.492 e. The Bertz CT molecular complexity index is 423. The van der Waals surface area contributed by atoms with E-state index >= 15 is 0 Å². The van der Waals surface area contributed by atoms with Crippen LogP contribution in [-0.4, -0.2) is 20.8 Å². The van der Waals surface area contributed by atoms with Gasteiger partial charge in [-0.25, -0.2) is 13.6 Å². The van der Waals surface area contributed by atoms with E-state index < -0.39 is 10.0 Å². The third kappa shape index (κ3) is 4.63. The van der Waals surface area contributed by atoms with Crippen molar-refractivity contribution in [3.8, 4) is 5.75 Å². The Morgan fingerprint density at radius 1 is 1.25 bits per heavy atom. The molecule has 0 spiro atoms. The Labute approximate surface area is 96.5 Å². The fraction of sp³-hybridized carbons (Fsp3) is 0.455. The number of benzene rings is 1. The average molecular weight is 243 g/mol. The van der Waals surface area contributed by atoms with Gasteiger partial charge in [-0.2, -0.15) is 0 Å². The van der Waals surface area contributed by atoms with Crippen LogP contribution in [-0.2, 0) is 10.0 Å². The maximum atomic E-state index is 10.7. The van der Waals surface area contributed by atoms with Crippen LogP contribution in [0.5, 0.6) is 5.75 Å². The monoisotopic (exact) mass is 243 g/mol. The van der Waals surface area contributed by atoms with Crippen molar-refractivity contribution in [2.75, 3.05) is 12.4 Å². The SMILES string of the molecule is CC(C)c1ccc(OCCS(N)(=O)=O)cc1. The van der Waals surface area contributed by atoms with E-state index in [2.05, 4.69) is 13.8 Å². The number of hydrogen-bond acceptors (Lipinski definition) is 3. The molecule has 0 aliphatic rings. The number of hydrogen-bond donors (Lipinski definition) is 1. The lowest BCUT2D eigenvalue weighted by molar-refractivity contribution is 0.341. The predicted molar refractivity (Wildman–Crippen MR) is 64.0 cm³/mol. The molecule has 0 unspecified atom stereocenters. The van der Waals surface area contributed by atoms with Gasteiger partial charge in [-0.3, -0.25) is 0 Å². The van der Waals surface area contributed by atoms with Crippen LogP contribution >= 0.6 is 0 Å². The summed E-state index contributed by atoms with van der Waals surface area (Å²) in [5, 5.41) is 4.86. The van der Waals surface area contributed by atoms with E-state index in [1.165, 1.54) is 5.56 Å². The van der Waals surface area contributed by atoms with Crippen LogP contribution in [0, 0.1) is 0 Å². The molecule has 5 heteroatoms. The molecule has 1 aromatic carbocycles. The second kappa shape index (κ2) is 5.32. The molecule has 0 heterocycles. The topological polar surface area (TPSA) is 69.4 Å². The zero-order valence-electron chi connectivity index (χ0n) is 9.51. The predicted octanol–water partition coefficient (Wildman–Crippen LogP) is 1.48. The molecule has 0 fully saturated rings. The normalized spacial score (nSPS) is 11.8. The lowest BCUT2D eigenvalue weighted by atomic mass is 10.0. The molecule has 0 radical (unpaired) electrons. The van der Waals surface area contributed by atoms with Gasteiger partial charge in [0.05, 0.1) is 5.75 Å². The summed E-state index contributed by atoms with van der Waals surface area (Å²) in [6, 6.07) is 7.60. The lowest BCUT2D eigenvalue weighted by Crippen LogP contribution is -2.21. The molecule has 1 aromatic rings. The van der Waals surface area contributed by atoms with E-state index in [0.717, 1.165) is 0 Å². The van der Waals surface area contributed by atoms with Crippen LogP contribution in [0.2, 0.25) is 0 Å². The van der Waals surface area contributed by atoms with Crippen molar-refractivity contribution in [1.29, 1.82) is 0 Å². The molecule has 2 N–H and O–H groups in total. The van der Waals surface area contributed by atoms with Crippen molar-refractivity contribution in [3.05, 3.63) is 29.8 Å². The minimum atomic E-state index is -3.44. The highest BCUT2D eigenvalue weighted by molar-refractivity contribution is 7.89. The van der Waals surface area contributed by atoms with Crippen LogP contribution in [0.25, 0.3) is 0 Å². The lowest BCUT2D eigenvalue weighted by Gasteiger charge is -2.08. The molecule has 0 bridgehead atoms. The van der Waals surface area contributed by atoms with Crippen LogP contribution < -0.4 is 9.88 Å². The summed E-state index contributed by atoms with van der Waals surface area (Å²) in [6.45, 7) is 4.30. The average Bonchev–Trinajstić information content (AvgIpc) is 2.16. The van der Waals surface area contributed by atoms with Crippen molar-refractivity contribution >= 4 is 10.0 Å². The van der Waals surface area contributed by atoms with Crippen LogP contribution in [0.4, 0.5) is 0 Å². The molecule has 0 aliphatic carbocycles. The van der Waals surface area contributed by atoms with Gasteiger partial charge in [-0.05, 0) is 23.6 Å². The van der Waals surface area contributed by atoms with E-state index in [4.69, 9.17) is 9.88 Å². The van der Waals surface area contributed by atoms with Gasteiger partial charge in [0.15, 0.2) is 0 Å². The Morgan fingerprint density at radius 3 is 2.25 bits per heavy atom. The van der Waals surface area contributed by atoms with Gasteiger partial charge in [0.25, 0.3) is 0 Å². The Hall–Kier alpha value is -1.07. The van der Waals surface area contributed by atoms with Crippen LogP contribution in [0.15, 0.2) is 24.3 Å². The summed E-state index contributed by atoms with van der Waals surface area (Å²) in [4.78, 5) is 0. The van der Waals surface area contributed by atoms with Crippen LogP contribution in [0.1, 0.15) is 25.3 Å². The number of rotatable bonds is 5. The molecule has 4 nitrogen and oxygen atoms in total. The van der Waals surface area contributed by atoms with Gasteiger partial charge in [-0.15, -0.1) is 0 Å². The molecule has 0 saturated carbocycles. The summed E-state index contributed by atoms with van der Waals surface area (Å²) in [5.74, 6) is 0.963. The summed E-state index contributed by atoms with van der Waals surface area (Å²) in [6.07, 6.45) is 0. The fourth-order valence-corrected chi connectivity index (χ4v) is 1.54. The summed E-state index contributed by atoms with van der Waals surface area (Å²) in [5.41, 5.74) is 1.22.